The van der Waals surface area contributed by atoms with Gasteiger partial charge >= 0.3 is 12.1 Å². The van der Waals surface area contributed by atoms with Gasteiger partial charge in [0.25, 0.3) is 0 Å². The summed E-state index contributed by atoms with van der Waals surface area (Å²) in [5.74, 6) is -1.28. The molecule has 170 valence electrons. The van der Waals surface area contributed by atoms with Crippen LogP contribution < -0.4 is 10.6 Å². The number of carboxylic acid groups (broad SMARTS) is 1. The van der Waals surface area contributed by atoms with Crippen LogP contribution in [0, 0.1) is 6.92 Å². The molecule has 0 fully saturated rings. The number of benzene rings is 2. The molecule has 3 aromatic rings. The summed E-state index contributed by atoms with van der Waals surface area (Å²) >= 11 is 0.999. The SMILES string of the molecule is Cc1nsc(NC(=O)C(CCC(=O)O)NC(=O)OCC2c3ccccc3-c3ccccc32)n1. The van der Waals surface area contributed by atoms with E-state index in [1.165, 1.54) is 0 Å². The van der Waals surface area contributed by atoms with Crippen molar-refractivity contribution < 1.29 is 24.2 Å². The van der Waals surface area contributed by atoms with Crippen LogP contribution in [0.25, 0.3) is 11.1 Å². The predicted molar refractivity (Wildman–Crippen MR) is 122 cm³/mol. The first-order valence-corrected chi connectivity index (χ1v) is 11.1. The Kier molecular flexibility index (Phi) is 6.64. The molecule has 0 saturated carbocycles. The maximum Gasteiger partial charge on any atom is 0.407 e. The minimum Gasteiger partial charge on any atom is -0.481 e. The number of aryl methyl sites for hydroxylation is 1. The first-order chi connectivity index (χ1) is 15.9. The molecule has 2 amide bonds. The van der Waals surface area contributed by atoms with Gasteiger partial charge in [0.1, 0.15) is 18.5 Å². The van der Waals surface area contributed by atoms with Crippen LogP contribution in [0.4, 0.5) is 9.93 Å². The fourth-order valence-electron chi connectivity index (χ4n) is 3.86. The first-order valence-electron chi connectivity index (χ1n) is 10.4. The van der Waals surface area contributed by atoms with Crippen molar-refractivity contribution in [2.24, 2.45) is 0 Å². The molecule has 1 unspecified atom stereocenters. The fourth-order valence-corrected chi connectivity index (χ4v) is 4.44. The van der Waals surface area contributed by atoms with E-state index in [0.29, 0.717) is 5.82 Å². The number of fused-ring (bicyclic) bond motifs is 3. The van der Waals surface area contributed by atoms with Gasteiger partial charge < -0.3 is 15.2 Å². The van der Waals surface area contributed by atoms with Crippen molar-refractivity contribution in [1.29, 1.82) is 0 Å². The van der Waals surface area contributed by atoms with Crippen molar-refractivity contribution in [1.82, 2.24) is 14.7 Å². The van der Waals surface area contributed by atoms with Gasteiger partial charge in [0.15, 0.2) is 0 Å². The molecule has 1 heterocycles. The van der Waals surface area contributed by atoms with E-state index >= 15 is 0 Å². The van der Waals surface area contributed by atoms with Crippen molar-refractivity contribution >= 4 is 34.6 Å². The van der Waals surface area contributed by atoms with Crippen molar-refractivity contribution in [3.8, 4) is 11.1 Å². The van der Waals surface area contributed by atoms with Crippen molar-refractivity contribution in [2.45, 2.75) is 31.7 Å². The molecule has 1 aliphatic rings. The van der Waals surface area contributed by atoms with E-state index in [1.54, 1.807) is 6.92 Å². The molecule has 10 heteroatoms. The van der Waals surface area contributed by atoms with Gasteiger partial charge in [0.05, 0.1) is 0 Å². The van der Waals surface area contributed by atoms with Crippen LogP contribution in [0.1, 0.15) is 35.7 Å². The Morgan fingerprint density at radius 3 is 2.30 bits per heavy atom. The number of nitrogens with zero attached hydrogens (tertiary/aromatic N) is 2. The van der Waals surface area contributed by atoms with E-state index in [-0.39, 0.29) is 30.5 Å². The van der Waals surface area contributed by atoms with Crippen LogP contribution in [0.5, 0.6) is 0 Å². The highest BCUT2D eigenvalue weighted by Crippen LogP contribution is 2.44. The number of aliphatic carboxylic acids is 1. The van der Waals surface area contributed by atoms with Gasteiger partial charge in [-0.2, -0.15) is 4.37 Å². The number of rotatable bonds is 8. The van der Waals surface area contributed by atoms with Crippen LogP contribution in [0.2, 0.25) is 0 Å². The second-order valence-corrected chi connectivity index (χ2v) is 8.34. The number of hydrogen-bond acceptors (Lipinski definition) is 7. The summed E-state index contributed by atoms with van der Waals surface area (Å²) in [4.78, 5) is 40.2. The summed E-state index contributed by atoms with van der Waals surface area (Å²) in [7, 11) is 0. The van der Waals surface area contributed by atoms with Crippen LogP contribution in [0.3, 0.4) is 0 Å². The maximum absolute atomic E-state index is 12.6. The number of amides is 2. The van der Waals surface area contributed by atoms with Crippen molar-refractivity contribution in [2.75, 3.05) is 11.9 Å². The van der Waals surface area contributed by atoms with Crippen LogP contribution in [-0.4, -0.2) is 45.1 Å². The number of carbonyl (C=O) groups excluding carboxylic acids is 2. The van der Waals surface area contributed by atoms with E-state index in [4.69, 9.17) is 9.84 Å². The number of ether oxygens (including phenoxy) is 1. The Morgan fingerprint density at radius 1 is 1.09 bits per heavy atom. The highest BCUT2D eigenvalue weighted by Gasteiger charge is 2.30. The lowest BCUT2D eigenvalue weighted by atomic mass is 9.98. The van der Waals surface area contributed by atoms with Gasteiger partial charge in [-0.05, 0) is 35.6 Å². The molecule has 4 rings (SSSR count). The van der Waals surface area contributed by atoms with Crippen LogP contribution in [-0.2, 0) is 14.3 Å². The van der Waals surface area contributed by atoms with Gasteiger partial charge in [-0.15, -0.1) is 0 Å². The van der Waals surface area contributed by atoms with E-state index in [1.807, 2.05) is 48.5 Å². The predicted octanol–water partition coefficient (Wildman–Crippen LogP) is 3.56. The molecule has 0 bridgehead atoms. The van der Waals surface area contributed by atoms with Gasteiger partial charge in [-0.3, -0.25) is 14.9 Å². The monoisotopic (exact) mass is 466 g/mol. The van der Waals surface area contributed by atoms with Gasteiger partial charge in [-0.1, -0.05) is 48.5 Å². The second kappa shape index (κ2) is 9.78. The molecule has 2 aromatic carbocycles. The Labute approximate surface area is 194 Å². The average Bonchev–Trinajstić information content (AvgIpc) is 3.35. The van der Waals surface area contributed by atoms with E-state index in [2.05, 4.69) is 20.0 Å². The molecule has 1 aromatic heterocycles. The Hall–Kier alpha value is -3.79. The third-order valence-corrected chi connectivity index (χ3v) is 6.08. The lowest BCUT2D eigenvalue weighted by Gasteiger charge is -2.18. The number of carbonyl (C=O) groups is 3. The molecule has 0 aliphatic heterocycles. The Balaban J connectivity index is 1.42. The van der Waals surface area contributed by atoms with Gasteiger partial charge in [0, 0.05) is 23.9 Å². The zero-order chi connectivity index (χ0) is 23.4. The molecule has 1 atom stereocenters. The van der Waals surface area contributed by atoms with Crippen LogP contribution in [0.15, 0.2) is 48.5 Å². The fraction of sp³-hybridized carbons (Fsp3) is 0.261. The van der Waals surface area contributed by atoms with E-state index in [9.17, 15) is 14.4 Å². The second-order valence-electron chi connectivity index (χ2n) is 7.59. The van der Waals surface area contributed by atoms with Crippen molar-refractivity contribution in [3.05, 3.63) is 65.5 Å². The highest BCUT2D eigenvalue weighted by atomic mass is 32.1. The number of hydrogen-bond donors (Lipinski definition) is 3. The molecule has 9 nitrogen and oxygen atoms in total. The Morgan fingerprint density at radius 2 is 1.73 bits per heavy atom. The highest BCUT2D eigenvalue weighted by molar-refractivity contribution is 7.09. The number of alkyl carbamates (subject to hydrolysis) is 1. The number of nitrogens with one attached hydrogen (secondary N) is 2. The lowest BCUT2D eigenvalue weighted by molar-refractivity contribution is -0.137. The zero-order valence-electron chi connectivity index (χ0n) is 17.8. The summed E-state index contributed by atoms with van der Waals surface area (Å²) in [6, 6.07) is 14.8. The van der Waals surface area contributed by atoms with Crippen molar-refractivity contribution in [3.63, 3.8) is 0 Å². The Bertz CT molecular complexity index is 1150. The minimum atomic E-state index is -1.10. The summed E-state index contributed by atoms with van der Waals surface area (Å²) in [5, 5.41) is 14.3. The van der Waals surface area contributed by atoms with E-state index in [0.717, 1.165) is 33.8 Å². The van der Waals surface area contributed by atoms with Crippen LogP contribution >= 0.6 is 11.5 Å². The standard InChI is InChI=1S/C23H22N4O5S/c1-13-24-22(33-27-13)26-21(30)19(10-11-20(28)29)25-23(31)32-12-18-16-8-4-2-6-14(16)15-7-3-5-9-17(15)18/h2-9,18-19H,10-12H2,1H3,(H,25,31)(H,28,29)(H,24,26,27,30). The maximum atomic E-state index is 12.6. The molecule has 0 spiro atoms. The van der Waals surface area contributed by atoms with Gasteiger partial charge in [0.2, 0.25) is 11.0 Å². The topological polar surface area (TPSA) is 131 Å². The summed E-state index contributed by atoms with van der Waals surface area (Å²) in [5.41, 5.74) is 4.35. The summed E-state index contributed by atoms with van der Waals surface area (Å²) in [6.45, 7) is 1.77. The quantitative estimate of drug-likeness (QED) is 0.463. The van der Waals surface area contributed by atoms with Gasteiger partial charge in [-0.25, -0.2) is 9.78 Å². The normalized spacial score (nSPS) is 13.0. The third kappa shape index (κ3) is 5.17. The average molecular weight is 467 g/mol. The molecule has 0 saturated heterocycles. The number of carboxylic acids is 1. The molecule has 3 N–H and O–H groups in total. The molecule has 1 aliphatic carbocycles. The molecular formula is C23H22N4O5S. The summed E-state index contributed by atoms with van der Waals surface area (Å²) in [6.07, 6.45) is -1.18. The molecule has 0 radical (unpaired) electrons. The smallest absolute Gasteiger partial charge is 0.407 e. The third-order valence-electron chi connectivity index (χ3n) is 5.36. The first kappa shape index (κ1) is 22.4. The van der Waals surface area contributed by atoms with E-state index < -0.39 is 24.0 Å². The lowest BCUT2D eigenvalue weighted by Crippen LogP contribution is -2.44. The zero-order valence-corrected chi connectivity index (χ0v) is 18.6. The number of anilines is 1. The number of aromatic nitrogens is 2. The largest absolute Gasteiger partial charge is 0.481 e. The summed E-state index contributed by atoms with van der Waals surface area (Å²) < 4.78 is 9.46. The molecule has 33 heavy (non-hydrogen) atoms. The molecular weight excluding hydrogens is 444 g/mol. The minimum absolute atomic E-state index is 0.0860.